The van der Waals surface area contributed by atoms with Gasteiger partial charge in [0, 0.05) is 11.9 Å². The van der Waals surface area contributed by atoms with E-state index in [4.69, 9.17) is 0 Å². The van der Waals surface area contributed by atoms with Crippen molar-refractivity contribution >= 4 is 18.9 Å². The first-order valence-corrected chi connectivity index (χ1v) is 2.69. The minimum absolute atomic E-state index is 0. The van der Waals surface area contributed by atoms with Gasteiger partial charge in [-0.15, -0.1) is 0 Å². The van der Waals surface area contributed by atoms with Gasteiger partial charge in [-0.25, -0.2) is 0 Å². The summed E-state index contributed by atoms with van der Waals surface area (Å²) < 4.78 is 0. The molecule has 0 aliphatic heterocycles. The van der Waals surface area contributed by atoms with E-state index in [-0.39, 0.29) is 18.9 Å². The molecule has 0 atom stereocenters. The summed E-state index contributed by atoms with van der Waals surface area (Å²) in [5.74, 6) is 0. The molecule has 44 valence electrons. The van der Waals surface area contributed by atoms with Crippen LogP contribution in [-0.4, -0.2) is 23.8 Å². The van der Waals surface area contributed by atoms with Gasteiger partial charge in [0.25, 0.3) is 0 Å². The van der Waals surface area contributed by atoms with E-state index in [1.54, 1.807) is 0 Å². The Morgan fingerprint density at radius 3 is 2.33 bits per heavy atom. The van der Waals surface area contributed by atoms with Crippen molar-refractivity contribution in [2.75, 3.05) is 0 Å². The number of hydrogen-bond acceptors (Lipinski definition) is 1. The molecule has 1 aromatic rings. The Labute approximate surface area is 67.7 Å². The van der Waals surface area contributed by atoms with Crippen LogP contribution < -0.4 is 0 Å². The summed E-state index contributed by atoms with van der Waals surface area (Å²) in [6.07, 6.45) is 1.81. The molecule has 1 nitrogen and oxygen atoms in total. The Balaban J connectivity index is 0.000000640. The molecule has 0 fully saturated rings. The van der Waals surface area contributed by atoms with Crippen LogP contribution in [0.3, 0.4) is 0 Å². The van der Waals surface area contributed by atoms with E-state index in [0.29, 0.717) is 0 Å². The molecule has 0 aliphatic rings. The van der Waals surface area contributed by atoms with Crippen molar-refractivity contribution in [2.45, 2.75) is 13.8 Å². The van der Waals surface area contributed by atoms with Crippen LogP contribution in [0.5, 0.6) is 0 Å². The van der Waals surface area contributed by atoms with Gasteiger partial charge in [0.1, 0.15) is 0 Å². The number of nitrogens with zero attached hydrogens (tertiary/aromatic N) is 1. The Morgan fingerprint density at radius 2 is 2.00 bits per heavy atom. The van der Waals surface area contributed by atoms with Gasteiger partial charge in [-0.3, -0.25) is 4.98 Å². The van der Waals surface area contributed by atoms with Gasteiger partial charge in [0.15, 0.2) is 0 Å². The summed E-state index contributed by atoms with van der Waals surface area (Å²) in [5.41, 5.74) is 2.38. The molecule has 0 spiro atoms. The van der Waals surface area contributed by atoms with Gasteiger partial charge in [-0.2, -0.15) is 0 Å². The summed E-state index contributed by atoms with van der Waals surface area (Å²) in [5, 5.41) is 0. The molecule has 0 aromatic carbocycles. The molecule has 0 amide bonds. The first-order valence-electron chi connectivity index (χ1n) is 2.69. The quantitative estimate of drug-likeness (QED) is 0.460. The van der Waals surface area contributed by atoms with Gasteiger partial charge in [-0.1, -0.05) is 6.07 Å². The van der Waals surface area contributed by atoms with E-state index in [9.17, 15) is 0 Å². The molecule has 9 heavy (non-hydrogen) atoms. The summed E-state index contributed by atoms with van der Waals surface area (Å²) in [4.78, 5) is 4.08. The van der Waals surface area contributed by atoms with Crippen LogP contribution in [0.25, 0.3) is 0 Å². The van der Waals surface area contributed by atoms with Crippen molar-refractivity contribution in [3.8, 4) is 0 Å². The van der Waals surface area contributed by atoms with E-state index in [1.165, 1.54) is 5.56 Å². The maximum absolute atomic E-state index is 4.08. The van der Waals surface area contributed by atoms with E-state index >= 15 is 0 Å². The topological polar surface area (TPSA) is 12.9 Å². The molecule has 0 aliphatic carbocycles. The summed E-state index contributed by atoms with van der Waals surface area (Å²) in [6, 6.07) is 4.00. The van der Waals surface area contributed by atoms with Crippen molar-refractivity contribution in [1.82, 2.24) is 4.98 Å². The molecule has 0 N–H and O–H groups in total. The Hall–Kier alpha value is -0.253. The second kappa shape index (κ2) is 3.71. The van der Waals surface area contributed by atoms with Crippen LogP contribution in [-0.2, 0) is 0 Å². The molecule has 0 radical (unpaired) electrons. The van der Waals surface area contributed by atoms with E-state index in [2.05, 4.69) is 18.0 Å². The molecule has 2 heteroatoms. The zero-order chi connectivity index (χ0) is 5.98. The number of aromatic nitrogens is 1. The number of aryl methyl sites for hydroxylation is 2. The van der Waals surface area contributed by atoms with Crippen molar-refractivity contribution < 1.29 is 0 Å². The molecule has 1 rings (SSSR count). The SMILES string of the molecule is Cc1cccnc1C.[LiH]. The summed E-state index contributed by atoms with van der Waals surface area (Å²) in [7, 11) is 0. The Kier molecular flexibility index (Phi) is 3.61. The van der Waals surface area contributed by atoms with Gasteiger partial charge < -0.3 is 0 Å². The predicted molar refractivity (Wildman–Crippen MR) is 40.9 cm³/mol. The van der Waals surface area contributed by atoms with Gasteiger partial charge >= 0.3 is 18.9 Å². The second-order valence-electron chi connectivity index (χ2n) is 1.91. The van der Waals surface area contributed by atoms with Crippen LogP contribution in [0.2, 0.25) is 0 Å². The maximum atomic E-state index is 4.08. The zero-order valence-corrected chi connectivity index (χ0v) is 5.18. The van der Waals surface area contributed by atoms with Crippen molar-refractivity contribution in [3.05, 3.63) is 29.6 Å². The molecular formula is C7H10LiN. The van der Waals surface area contributed by atoms with Crippen molar-refractivity contribution in [3.63, 3.8) is 0 Å². The number of hydrogen-bond donors (Lipinski definition) is 0. The normalized spacial score (nSPS) is 8.22. The molecule has 0 unspecified atom stereocenters. The van der Waals surface area contributed by atoms with Gasteiger partial charge in [-0.05, 0) is 25.5 Å². The average Bonchev–Trinajstić information content (AvgIpc) is 1.77. The average molecular weight is 115 g/mol. The fourth-order valence-electron chi connectivity index (χ4n) is 0.565. The first-order chi connectivity index (χ1) is 3.80. The van der Waals surface area contributed by atoms with E-state index in [0.717, 1.165) is 5.69 Å². The van der Waals surface area contributed by atoms with Crippen molar-refractivity contribution in [1.29, 1.82) is 0 Å². The summed E-state index contributed by atoms with van der Waals surface area (Å²) in [6.45, 7) is 4.07. The van der Waals surface area contributed by atoms with E-state index in [1.807, 2.05) is 19.2 Å². The van der Waals surface area contributed by atoms with Crippen LogP contribution in [0.1, 0.15) is 11.3 Å². The predicted octanol–water partition coefficient (Wildman–Crippen LogP) is 1.05. The third kappa shape index (κ3) is 2.22. The first kappa shape index (κ1) is 8.75. The minimum atomic E-state index is 0. The summed E-state index contributed by atoms with van der Waals surface area (Å²) >= 11 is 0. The monoisotopic (exact) mass is 115 g/mol. The molecule has 0 bridgehead atoms. The second-order valence-corrected chi connectivity index (χ2v) is 1.91. The molecule has 0 saturated heterocycles. The standard InChI is InChI=1S/C7H9N.Li.H/c1-6-4-3-5-8-7(6)2;;/h3-5H,1-2H3;;. The Bertz CT molecular complexity index is 165. The fourth-order valence-corrected chi connectivity index (χ4v) is 0.565. The molecular weight excluding hydrogens is 105 g/mol. The van der Waals surface area contributed by atoms with Crippen LogP contribution in [0, 0.1) is 13.8 Å². The zero-order valence-electron chi connectivity index (χ0n) is 5.18. The third-order valence-electron chi connectivity index (χ3n) is 1.27. The van der Waals surface area contributed by atoms with Gasteiger partial charge in [0.05, 0.1) is 0 Å². The number of pyridine rings is 1. The van der Waals surface area contributed by atoms with Crippen LogP contribution in [0.4, 0.5) is 0 Å². The Morgan fingerprint density at radius 1 is 1.33 bits per heavy atom. The number of rotatable bonds is 0. The van der Waals surface area contributed by atoms with Crippen LogP contribution >= 0.6 is 0 Å². The van der Waals surface area contributed by atoms with Gasteiger partial charge in [0.2, 0.25) is 0 Å². The van der Waals surface area contributed by atoms with E-state index < -0.39 is 0 Å². The van der Waals surface area contributed by atoms with Crippen molar-refractivity contribution in [2.24, 2.45) is 0 Å². The molecule has 0 saturated carbocycles. The third-order valence-corrected chi connectivity index (χ3v) is 1.27. The van der Waals surface area contributed by atoms with Crippen LogP contribution in [0.15, 0.2) is 18.3 Å². The fraction of sp³-hybridized carbons (Fsp3) is 0.286. The molecule has 1 aromatic heterocycles. The molecule has 1 heterocycles.